The number of alkyl halides is 3. The second kappa shape index (κ2) is 18.2. The summed E-state index contributed by atoms with van der Waals surface area (Å²) in [5.41, 5.74) is 6.00. The highest BCUT2D eigenvalue weighted by Gasteiger charge is 2.52. The maximum absolute atomic E-state index is 14.9. The normalized spacial score (nSPS) is 11.8. The average molecular weight is 693 g/mol. The molecule has 48 heavy (non-hydrogen) atoms. The molecule has 0 aliphatic heterocycles. The smallest absolute Gasteiger partial charge is 0.445 e. The van der Waals surface area contributed by atoms with Crippen molar-refractivity contribution >= 4 is 31.3 Å². The van der Waals surface area contributed by atoms with Crippen LogP contribution in [0.15, 0.2) is 84.9 Å². The van der Waals surface area contributed by atoms with Gasteiger partial charge in [-0.3, -0.25) is 5.41 Å². The number of carbonyl (C=O) groups excluding carboxylic acids is 2. The van der Waals surface area contributed by atoms with Crippen LogP contribution >= 0.6 is 7.60 Å². The van der Waals surface area contributed by atoms with Gasteiger partial charge in [0.15, 0.2) is 5.96 Å². The summed E-state index contributed by atoms with van der Waals surface area (Å²) in [7, 11) is -4.91. The molecule has 0 saturated heterocycles. The molecule has 3 aromatic rings. The standard InChI is InChI=1S/C31H32F3N4O9P/c1-2-17-42-18-19-43-20-21-44-30(40)38(45-28(39)31(32,33)34)27(22-23-13-15-24(16-14-23)37-29(35)36)48(41,46-25-9-5-3-6-10-25)47-26-11-7-4-8-12-26/h1,3-16,27H,17-22H2,(H4,35,36,37). The number of guanidine groups is 1. The molecule has 17 heteroatoms. The van der Waals surface area contributed by atoms with Crippen LogP contribution < -0.4 is 20.1 Å². The summed E-state index contributed by atoms with van der Waals surface area (Å²) in [5.74, 6) is -3.06. The highest BCUT2D eigenvalue weighted by molar-refractivity contribution is 7.55. The van der Waals surface area contributed by atoms with Crippen molar-refractivity contribution in [3.8, 4) is 23.8 Å². The van der Waals surface area contributed by atoms with Gasteiger partial charge in [-0.05, 0) is 42.0 Å². The molecule has 0 aliphatic carbocycles. The molecule has 256 valence electrons. The number of carbonyl (C=O) groups is 2. The largest absolute Gasteiger partial charge is 0.493 e. The Kier molecular flexibility index (Phi) is 14.1. The maximum Gasteiger partial charge on any atom is 0.493 e. The third-order valence-corrected chi connectivity index (χ3v) is 7.89. The van der Waals surface area contributed by atoms with Crippen LogP contribution in [0.3, 0.4) is 0 Å². The van der Waals surface area contributed by atoms with Crippen LogP contribution in [0.5, 0.6) is 11.5 Å². The quantitative estimate of drug-likeness (QED) is 0.0442. The van der Waals surface area contributed by atoms with Gasteiger partial charge in [0.25, 0.3) is 0 Å². The van der Waals surface area contributed by atoms with Gasteiger partial charge in [-0.25, -0.2) is 14.2 Å². The van der Waals surface area contributed by atoms with E-state index in [0.717, 1.165) is 0 Å². The monoisotopic (exact) mass is 692 g/mol. The molecule has 0 aliphatic rings. The van der Waals surface area contributed by atoms with Crippen molar-refractivity contribution in [1.29, 1.82) is 5.41 Å². The third-order valence-electron chi connectivity index (χ3n) is 5.84. The number of hydrogen-bond acceptors (Lipinski definition) is 10. The molecule has 4 N–H and O–H groups in total. The first-order chi connectivity index (χ1) is 22.9. The van der Waals surface area contributed by atoms with Crippen molar-refractivity contribution in [2.75, 3.05) is 38.4 Å². The van der Waals surface area contributed by atoms with Gasteiger partial charge < -0.3 is 39.1 Å². The average Bonchev–Trinajstić information content (AvgIpc) is 3.04. The molecule has 3 aromatic carbocycles. The van der Waals surface area contributed by atoms with Crippen LogP contribution in [0, 0.1) is 17.8 Å². The molecular weight excluding hydrogens is 660 g/mol. The van der Waals surface area contributed by atoms with Gasteiger partial charge in [-0.15, -0.1) is 11.5 Å². The van der Waals surface area contributed by atoms with E-state index in [-0.39, 0.29) is 54.5 Å². The van der Waals surface area contributed by atoms with Gasteiger partial charge in [-0.2, -0.15) is 13.2 Å². The lowest BCUT2D eigenvalue weighted by molar-refractivity contribution is -0.234. The number of nitrogens with zero attached hydrogens (tertiary/aromatic N) is 1. The summed E-state index contributed by atoms with van der Waals surface area (Å²) >= 11 is 0. The molecule has 0 spiro atoms. The Morgan fingerprint density at radius 3 is 1.96 bits per heavy atom. The SMILES string of the molecule is C#CCOCCOCCOC(=O)N(OC(=O)C(F)(F)F)C(Cc1ccc(NC(=N)N)cc1)P(=O)(Oc1ccccc1)Oc1ccccc1. The van der Waals surface area contributed by atoms with E-state index in [1.54, 1.807) is 12.1 Å². The fourth-order valence-corrected chi connectivity index (χ4v) is 5.72. The summed E-state index contributed by atoms with van der Waals surface area (Å²) in [6.45, 7) is -0.539. The highest BCUT2D eigenvalue weighted by atomic mass is 31.2. The van der Waals surface area contributed by atoms with Crippen molar-refractivity contribution in [3.63, 3.8) is 0 Å². The molecular formula is C31H32F3N4O9P. The fourth-order valence-electron chi connectivity index (χ4n) is 3.77. The topological polar surface area (TPSA) is 172 Å². The molecule has 13 nitrogen and oxygen atoms in total. The van der Waals surface area contributed by atoms with E-state index in [1.807, 2.05) is 0 Å². The van der Waals surface area contributed by atoms with Crippen LogP contribution in [0.2, 0.25) is 0 Å². The van der Waals surface area contributed by atoms with Crippen LogP contribution in [-0.4, -0.2) is 68.1 Å². The van der Waals surface area contributed by atoms with E-state index >= 15 is 0 Å². The Hall–Kier alpha value is -5.23. The predicted octanol–water partition coefficient (Wildman–Crippen LogP) is 5.34. The number of anilines is 1. The summed E-state index contributed by atoms with van der Waals surface area (Å²) in [5, 5.41) is 9.86. The van der Waals surface area contributed by atoms with E-state index in [1.165, 1.54) is 72.8 Å². The van der Waals surface area contributed by atoms with Gasteiger partial charge in [-0.1, -0.05) is 54.5 Å². The second-order valence-corrected chi connectivity index (χ2v) is 11.5. The number of amides is 1. The molecule has 0 radical (unpaired) electrons. The van der Waals surface area contributed by atoms with Crippen molar-refractivity contribution in [1.82, 2.24) is 5.06 Å². The lowest BCUT2D eigenvalue weighted by Crippen LogP contribution is -2.47. The number of halogens is 3. The van der Waals surface area contributed by atoms with Crippen LogP contribution in [0.1, 0.15) is 5.56 Å². The van der Waals surface area contributed by atoms with Crippen molar-refractivity contribution in [2.45, 2.75) is 18.4 Å². The van der Waals surface area contributed by atoms with E-state index in [9.17, 15) is 27.3 Å². The Morgan fingerprint density at radius 1 is 0.896 bits per heavy atom. The molecule has 1 unspecified atom stereocenters. The van der Waals surface area contributed by atoms with E-state index in [0.29, 0.717) is 5.69 Å². The van der Waals surface area contributed by atoms with Crippen LogP contribution in [0.4, 0.5) is 23.7 Å². The third kappa shape index (κ3) is 12.2. The summed E-state index contributed by atoms with van der Waals surface area (Å²) in [4.78, 5) is 30.1. The Balaban J connectivity index is 2.05. The fraction of sp³-hybridized carbons (Fsp3) is 0.258. The van der Waals surface area contributed by atoms with Gasteiger partial charge >= 0.3 is 25.8 Å². The maximum atomic E-state index is 14.9. The number of hydroxylamine groups is 2. The van der Waals surface area contributed by atoms with Crippen molar-refractivity contribution in [2.24, 2.45) is 5.73 Å². The molecule has 1 amide bonds. The number of rotatable bonds is 16. The number of hydrogen-bond donors (Lipinski definition) is 3. The lowest BCUT2D eigenvalue weighted by Gasteiger charge is -2.33. The second-order valence-electron chi connectivity index (χ2n) is 9.45. The zero-order valence-corrected chi connectivity index (χ0v) is 26.2. The first kappa shape index (κ1) is 37.2. The molecule has 0 aromatic heterocycles. The Labute approximate surface area is 274 Å². The predicted molar refractivity (Wildman–Crippen MR) is 167 cm³/mol. The number of para-hydroxylation sites is 2. The van der Waals surface area contributed by atoms with Crippen molar-refractivity contribution in [3.05, 3.63) is 90.5 Å². The Morgan fingerprint density at radius 2 is 1.44 bits per heavy atom. The molecule has 0 bridgehead atoms. The minimum Gasteiger partial charge on any atom is -0.445 e. The van der Waals surface area contributed by atoms with E-state index in [4.69, 9.17) is 40.8 Å². The van der Waals surface area contributed by atoms with Gasteiger partial charge in [0.05, 0.1) is 19.8 Å². The molecule has 0 fully saturated rings. The number of ether oxygens (including phenoxy) is 3. The zero-order valence-electron chi connectivity index (χ0n) is 25.3. The number of nitrogens with one attached hydrogen (secondary N) is 2. The van der Waals surface area contributed by atoms with Crippen molar-refractivity contribution < 1.29 is 55.4 Å². The zero-order chi connectivity index (χ0) is 35.0. The number of terminal acetylenes is 1. The Bertz CT molecular complexity index is 1530. The van der Waals surface area contributed by atoms with Crippen LogP contribution in [0.25, 0.3) is 0 Å². The van der Waals surface area contributed by atoms with E-state index < -0.39 is 44.6 Å². The minimum atomic E-state index is -5.57. The highest BCUT2D eigenvalue weighted by Crippen LogP contribution is 2.55. The molecule has 3 rings (SSSR count). The summed E-state index contributed by atoms with van der Waals surface area (Å²) in [6, 6.07) is 20.8. The number of benzene rings is 3. The number of nitrogens with two attached hydrogens (primary N) is 1. The molecule has 0 heterocycles. The molecule has 1 atom stereocenters. The summed E-state index contributed by atoms with van der Waals surface area (Å²) < 4.78 is 82.4. The van der Waals surface area contributed by atoms with Gasteiger partial charge in [0.2, 0.25) is 5.78 Å². The van der Waals surface area contributed by atoms with Gasteiger partial charge in [0, 0.05) is 12.1 Å². The minimum absolute atomic E-state index is 0.0429. The van der Waals surface area contributed by atoms with E-state index in [2.05, 4.69) is 16.1 Å². The van der Waals surface area contributed by atoms with Crippen LogP contribution in [-0.2, 0) is 34.8 Å². The molecule has 0 saturated carbocycles. The summed E-state index contributed by atoms with van der Waals surface area (Å²) in [6.07, 6.45) is -2.67. The van der Waals surface area contributed by atoms with Gasteiger partial charge in [0.1, 0.15) is 24.7 Å². The lowest BCUT2D eigenvalue weighted by atomic mass is 10.1. The first-order valence-electron chi connectivity index (χ1n) is 14.0. The first-order valence-corrected chi connectivity index (χ1v) is 15.7.